The molecule has 21 heavy (non-hydrogen) atoms. The Morgan fingerprint density at radius 3 is 2.62 bits per heavy atom. The van der Waals surface area contributed by atoms with E-state index in [1.807, 2.05) is 19.1 Å². The molecule has 2 unspecified atom stereocenters. The van der Waals surface area contributed by atoms with E-state index in [2.05, 4.69) is 10.6 Å². The van der Waals surface area contributed by atoms with Gasteiger partial charge in [-0.1, -0.05) is 31.0 Å². The van der Waals surface area contributed by atoms with Crippen molar-refractivity contribution in [2.24, 2.45) is 5.92 Å². The number of benzene rings is 1. The van der Waals surface area contributed by atoms with Crippen LogP contribution in [0.3, 0.4) is 0 Å². The van der Waals surface area contributed by atoms with Gasteiger partial charge in [-0.3, -0.25) is 9.59 Å². The van der Waals surface area contributed by atoms with Crippen molar-refractivity contribution in [3.63, 3.8) is 0 Å². The lowest BCUT2D eigenvalue weighted by atomic mass is 9.86. The molecule has 0 aromatic heterocycles. The van der Waals surface area contributed by atoms with Crippen LogP contribution in [0.1, 0.15) is 31.2 Å². The van der Waals surface area contributed by atoms with Crippen LogP contribution in [0, 0.1) is 12.8 Å². The van der Waals surface area contributed by atoms with E-state index in [1.54, 1.807) is 12.1 Å². The van der Waals surface area contributed by atoms with Gasteiger partial charge in [0, 0.05) is 18.2 Å². The first-order valence-electron chi connectivity index (χ1n) is 7.41. The summed E-state index contributed by atoms with van der Waals surface area (Å²) in [6, 6.07) is 7.30. The van der Waals surface area contributed by atoms with Crippen LogP contribution < -0.4 is 10.6 Å². The van der Waals surface area contributed by atoms with Gasteiger partial charge in [0.25, 0.3) is 0 Å². The fourth-order valence-electron chi connectivity index (χ4n) is 2.62. The number of para-hydroxylation sites is 1. The topological polar surface area (TPSA) is 78.4 Å². The number of hydrogen-bond acceptors (Lipinski definition) is 3. The summed E-state index contributed by atoms with van der Waals surface area (Å²) < 4.78 is 0. The number of rotatable bonds is 3. The number of anilines is 1. The Labute approximate surface area is 124 Å². The molecule has 1 aliphatic rings. The number of amides is 2. The number of aliphatic hydroxyl groups excluding tert-OH is 1. The largest absolute Gasteiger partial charge is 0.393 e. The summed E-state index contributed by atoms with van der Waals surface area (Å²) in [6.45, 7) is 2.22. The standard InChI is InChI=1S/C16H22N2O3/c1-11-6-2-4-8-13(11)18-16(21)15(20)17-10-12-7-3-5-9-14(12)19/h2,4,6,8,12,14,19H,3,5,7,9-10H2,1H3,(H,17,20)(H,18,21). The van der Waals surface area contributed by atoms with Gasteiger partial charge in [-0.15, -0.1) is 0 Å². The molecule has 0 bridgehead atoms. The number of nitrogens with one attached hydrogen (secondary N) is 2. The molecule has 2 rings (SSSR count). The summed E-state index contributed by atoms with van der Waals surface area (Å²) in [5.41, 5.74) is 1.54. The van der Waals surface area contributed by atoms with E-state index in [0.717, 1.165) is 31.2 Å². The summed E-state index contributed by atoms with van der Waals surface area (Å²) in [5.74, 6) is -1.28. The second-order valence-corrected chi connectivity index (χ2v) is 5.59. The van der Waals surface area contributed by atoms with E-state index in [-0.39, 0.29) is 12.0 Å². The van der Waals surface area contributed by atoms with Crippen LogP contribution in [0.2, 0.25) is 0 Å². The average molecular weight is 290 g/mol. The minimum Gasteiger partial charge on any atom is -0.393 e. The van der Waals surface area contributed by atoms with Gasteiger partial charge in [0.2, 0.25) is 0 Å². The third kappa shape index (κ3) is 4.29. The van der Waals surface area contributed by atoms with Crippen LogP contribution in [0.15, 0.2) is 24.3 Å². The maximum absolute atomic E-state index is 11.8. The highest BCUT2D eigenvalue weighted by Crippen LogP contribution is 2.23. The highest BCUT2D eigenvalue weighted by molar-refractivity contribution is 6.39. The van der Waals surface area contributed by atoms with Gasteiger partial charge in [-0.25, -0.2) is 0 Å². The SMILES string of the molecule is Cc1ccccc1NC(=O)C(=O)NCC1CCCCC1O. The van der Waals surface area contributed by atoms with E-state index >= 15 is 0 Å². The van der Waals surface area contributed by atoms with E-state index in [0.29, 0.717) is 12.2 Å². The molecule has 2 amide bonds. The highest BCUT2D eigenvalue weighted by Gasteiger charge is 2.24. The summed E-state index contributed by atoms with van der Waals surface area (Å²) in [5, 5.41) is 15.0. The molecule has 0 aliphatic heterocycles. The van der Waals surface area contributed by atoms with Crippen molar-refractivity contribution < 1.29 is 14.7 Å². The van der Waals surface area contributed by atoms with Gasteiger partial charge in [0.15, 0.2) is 0 Å². The van der Waals surface area contributed by atoms with Crippen LogP contribution in [0.25, 0.3) is 0 Å². The first kappa shape index (κ1) is 15.5. The molecule has 1 aromatic carbocycles. The first-order chi connectivity index (χ1) is 10.1. The monoisotopic (exact) mass is 290 g/mol. The minimum absolute atomic E-state index is 0.0500. The fourth-order valence-corrected chi connectivity index (χ4v) is 2.62. The van der Waals surface area contributed by atoms with Crippen molar-refractivity contribution >= 4 is 17.5 Å². The molecule has 0 spiro atoms. The van der Waals surface area contributed by atoms with E-state index in [1.165, 1.54) is 0 Å². The van der Waals surface area contributed by atoms with Crippen LogP contribution in [0.4, 0.5) is 5.69 Å². The smallest absolute Gasteiger partial charge is 0.313 e. The molecule has 0 heterocycles. The summed E-state index contributed by atoms with van der Waals surface area (Å²) in [7, 11) is 0. The first-order valence-corrected chi connectivity index (χ1v) is 7.41. The lowest BCUT2D eigenvalue weighted by Crippen LogP contribution is -2.41. The lowest BCUT2D eigenvalue weighted by Gasteiger charge is -2.27. The number of aliphatic hydroxyl groups is 1. The van der Waals surface area contributed by atoms with Gasteiger partial charge in [-0.2, -0.15) is 0 Å². The van der Waals surface area contributed by atoms with Gasteiger partial charge in [0.1, 0.15) is 0 Å². The number of aryl methyl sites for hydroxylation is 1. The molecule has 0 saturated heterocycles. The molecule has 2 atom stereocenters. The Morgan fingerprint density at radius 1 is 1.19 bits per heavy atom. The Kier molecular flexibility index (Phi) is 5.33. The summed E-state index contributed by atoms with van der Waals surface area (Å²) in [4.78, 5) is 23.6. The van der Waals surface area contributed by atoms with Crippen LogP contribution in [-0.4, -0.2) is 29.6 Å². The fraction of sp³-hybridized carbons (Fsp3) is 0.500. The molecule has 0 radical (unpaired) electrons. The zero-order chi connectivity index (χ0) is 15.2. The van der Waals surface area contributed by atoms with Crippen molar-refractivity contribution in [2.75, 3.05) is 11.9 Å². The Morgan fingerprint density at radius 2 is 1.90 bits per heavy atom. The summed E-state index contributed by atoms with van der Waals surface area (Å²) in [6.07, 6.45) is 3.38. The third-order valence-electron chi connectivity index (χ3n) is 3.99. The number of carbonyl (C=O) groups excluding carboxylic acids is 2. The Balaban J connectivity index is 1.83. The van der Waals surface area contributed by atoms with Crippen molar-refractivity contribution in [3.05, 3.63) is 29.8 Å². The second kappa shape index (κ2) is 7.22. The molecule has 114 valence electrons. The predicted molar refractivity (Wildman–Crippen MR) is 80.8 cm³/mol. The Bertz CT molecular complexity index is 516. The van der Waals surface area contributed by atoms with Crippen LogP contribution in [0.5, 0.6) is 0 Å². The maximum Gasteiger partial charge on any atom is 0.313 e. The summed E-state index contributed by atoms with van der Waals surface area (Å²) >= 11 is 0. The predicted octanol–water partition coefficient (Wildman–Crippen LogP) is 1.60. The molecule has 1 saturated carbocycles. The van der Waals surface area contributed by atoms with Crippen LogP contribution in [-0.2, 0) is 9.59 Å². The number of hydrogen-bond donors (Lipinski definition) is 3. The van der Waals surface area contributed by atoms with Crippen LogP contribution >= 0.6 is 0 Å². The molecule has 5 heteroatoms. The Hall–Kier alpha value is -1.88. The minimum atomic E-state index is -0.672. The average Bonchev–Trinajstić information content (AvgIpc) is 2.48. The lowest BCUT2D eigenvalue weighted by molar-refractivity contribution is -0.136. The molecule has 1 aliphatic carbocycles. The zero-order valence-electron chi connectivity index (χ0n) is 12.3. The van der Waals surface area contributed by atoms with E-state index in [9.17, 15) is 14.7 Å². The molecule has 1 aromatic rings. The van der Waals surface area contributed by atoms with E-state index < -0.39 is 11.8 Å². The van der Waals surface area contributed by atoms with Gasteiger partial charge >= 0.3 is 11.8 Å². The van der Waals surface area contributed by atoms with Crippen molar-refractivity contribution in [1.82, 2.24) is 5.32 Å². The van der Waals surface area contributed by atoms with Gasteiger partial charge < -0.3 is 15.7 Å². The normalized spacial score (nSPS) is 21.6. The highest BCUT2D eigenvalue weighted by atomic mass is 16.3. The zero-order valence-corrected chi connectivity index (χ0v) is 12.3. The molecular weight excluding hydrogens is 268 g/mol. The van der Waals surface area contributed by atoms with E-state index in [4.69, 9.17) is 0 Å². The third-order valence-corrected chi connectivity index (χ3v) is 3.99. The molecule has 3 N–H and O–H groups in total. The maximum atomic E-state index is 11.8. The molecule has 5 nitrogen and oxygen atoms in total. The van der Waals surface area contributed by atoms with Gasteiger partial charge in [0.05, 0.1) is 6.10 Å². The molecular formula is C16H22N2O3. The quantitative estimate of drug-likeness (QED) is 0.740. The van der Waals surface area contributed by atoms with Crippen molar-refractivity contribution in [2.45, 2.75) is 38.7 Å². The number of carbonyl (C=O) groups is 2. The van der Waals surface area contributed by atoms with Crippen molar-refractivity contribution in [3.8, 4) is 0 Å². The van der Waals surface area contributed by atoms with Gasteiger partial charge in [-0.05, 0) is 31.4 Å². The molecule has 1 fully saturated rings. The van der Waals surface area contributed by atoms with Crippen molar-refractivity contribution in [1.29, 1.82) is 0 Å². The second-order valence-electron chi connectivity index (χ2n) is 5.59.